The van der Waals surface area contributed by atoms with Crippen LogP contribution in [0.2, 0.25) is 0 Å². The predicted molar refractivity (Wildman–Crippen MR) is 63.5 cm³/mol. The maximum atomic E-state index is 5.84. The molecule has 0 aliphatic heterocycles. The van der Waals surface area contributed by atoms with Crippen molar-refractivity contribution in [2.45, 2.75) is 18.8 Å². The summed E-state index contributed by atoms with van der Waals surface area (Å²) in [7, 11) is 0. The molecule has 4 rings (SSSR count). The Hall–Kier alpha value is -1.83. The SMILES string of the molecule is c1ccc2c(c1)ncc1oc(C3CC3)cc12. The summed E-state index contributed by atoms with van der Waals surface area (Å²) < 4.78 is 5.84. The highest BCUT2D eigenvalue weighted by atomic mass is 16.3. The lowest BCUT2D eigenvalue weighted by Gasteiger charge is -1.95. The first-order valence-corrected chi connectivity index (χ1v) is 5.69. The third-order valence-electron chi connectivity index (χ3n) is 3.27. The number of para-hydroxylation sites is 1. The third-order valence-corrected chi connectivity index (χ3v) is 3.27. The zero-order valence-electron chi connectivity index (χ0n) is 8.81. The predicted octanol–water partition coefficient (Wildman–Crippen LogP) is 3.86. The Balaban J connectivity index is 2.11. The molecule has 1 aromatic carbocycles. The molecule has 78 valence electrons. The Morgan fingerprint density at radius 3 is 2.88 bits per heavy atom. The highest BCUT2D eigenvalue weighted by Gasteiger charge is 2.27. The van der Waals surface area contributed by atoms with Crippen molar-refractivity contribution >= 4 is 21.9 Å². The standard InChI is InChI=1S/C14H11NO/c1-2-4-12-10(3-1)11-7-13(9-5-6-9)16-14(11)8-15-12/h1-4,7-9H,5-6H2. The van der Waals surface area contributed by atoms with Crippen LogP contribution in [-0.2, 0) is 0 Å². The molecular weight excluding hydrogens is 198 g/mol. The lowest BCUT2D eigenvalue weighted by Crippen LogP contribution is -1.77. The monoisotopic (exact) mass is 209 g/mol. The Morgan fingerprint density at radius 1 is 1.12 bits per heavy atom. The molecular formula is C14H11NO. The number of hydrogen-bond donors (Lipinski definition) is 0. The van der Waals surface area contributed by atoms with Crippen LogP contribution in [-0.4, -0.2) is 4.98 Å². The van der Waals surface area contributed by atoms with Crippen LogP contribution in [0.4, 0.5) is 0 Å². The van der Waals surface area contributed by atoms with E-state index in [-0.39, 0.29) is 0 Å². The van der Waals surface area contributed by atoms with Crippen molar-refractivity contribution in [2.24, 2.45) is 0 Å². The van der Waals surface area contributed by atoms with Crippen LogP contribution in [0.5, 0.6) is 0 Å². The van der Waals surface area contributed by atoms with Crippen molar-refractivity contribution < 1.29 is 4.42 Å². The minimum absolute atomic E-state index is 0.658. The first kappa shape index (κ1) is 8.34. The molecule has 2 nitrogen and oxygen atoms in total. The van der Waals surface area contributed by atoms with E-state index in [1.165, 1.54) is 23.6 Å². The molecule has 0 atom stereocenters. The van der Waals surface area contributed by atoms with Gasteiger partial charge in [0.05, 0.1) is 11.7 Å². The average molecular weight is 209 g/mol. The number of pyridine rings is 1. The van der Waals surface area contributed by atoms with E-state index < -0.39 is 0 Å². The quantitative estimate of drug-likeness (QED) is 0.608. The summed E-state index contributed by atoms with van der Waals surface area (Å²) in [5.74, 6) is 1.79. The number of benzene rings is 1. The number of furan rings is 1. The summed E-state index contributed by atoms with van der Waals surface area (Å²) in [6.07, 6.45) is 4.37. The number of rotatable bonds is 1. The average Bonchev–Trinajstić information content (AvgIpc) is 3.08. The van der Waals surface area contributed by atoms with Crippen molar-refractivity contribution in [3.8, 4) is 0 Å². The molecule has 0 unspecified atom stereocenters. The first-order valence-electron chi connectivity index (χ1n) is 5.69. The molecule has 1 aliphatic rings. The normalized spacial score (nSPS) is 16.0. The van der Waals surface area contributed by atoms with Crippen LogP contribution in [0, 0.1) is 0 Å². The van der Waals surface area contributed by atoms with E-state index in [1.807, 2.05) is 24.4 Å². The Kier molecular flexibility index (Phi) is 1.48. The van der Waals surface area contributed by atoms with Crippen LogP contribution in [0.1, 0.15) is 24.5 Å². The molecule has 0 N–H and O–H groups in total. The highest BCUT2D eigenvalue weighted by Crippen LogP contribution is 2.42. The lowest BCUT2D eigenvalue weighted by atomic mass is 10.1. The second-order valence-electron chi connectivity index (χ2n) is 4.48. The van der Waals surface area contributed by atoms with Crippen molar-refractivity contribution in [2.75, 3.05) is 0 Å². The largest absolute Gasteiger partial charge is 0.459 e. The maximum absolute atomic E-state index is 5.84. The smallest absolute Gasteiger partial charge is 0.153 e. The summed E-state index contributed by atoms with van der Waals surface area (Å²) in [5, 5.41) is 2.39. The van der Waals surface area contributed by atoms with Gasteiger partial charge in [0.2, 0.25) is 0 Å². The highest BCUT2D eigenvalue weighted by molar-refractivity contribution is 6.03. The minimum Gasteiger partial charge on any atom is -0.459 e. The van der Waals surface area contributed by atoms with Gasteiger partial charge in [0.15, 0.2) is 5.58 Å². The van der Waals surface area contributed by atoms with Gasteiger partial charge in [-0.15, -0.1) is 0 Å². The Labute approximate surface area is 92.9 Å². The van der Waals surface area contributed by atoms with E-state index in [0.29, 0.717) is 5.92 Å². The van der Waals surface area contributed by atoms with Crippen LogP contribution in [0.15, 0.2) is 40.9 Å². The molecule has 0 radical (unpaired) electrons. The van der Waals surface area contributed by atoms with Crippen molar-refractivity contribution in [3.05, 3.63) is 42.3 Å². The molecule has 0 amide bonds. The molecule has 2 heterocycles. The first-order chi connectivity index (χ1) is 7.92. The molecule has 3 aromatic rings. The molecule has 2 aromatic heterocycles. The summed E-state index contributed by atoms with van der Waals surface area (Å²) in [4.78, 5) is 4.41. The molecule has 0 spiro atoms. The zero-order valence-corrected chi connectivity index (χ0v) is 8.81. The fourth-order valence-corrected chi connectivity index (χ4v) is 2.24. The van der Waals surface area contributed by atoms with E-state index in [9.17, 15) is 0 Å². The van der Waals surface area contributed by atoms with Gasteiger partial charge in [0.1, 0.15) is 5.76 Å². The summed E-state index contributed by atoms with van der Waals surface area (Å²) >= 11 is 0. The number of nitrogens with zero attached hydrogens (tertiary/aromatic N) is 1. The van der Waals surface area contributed by atoms with Crippen LogP contribution in [0.3, 0.4) is 0 Å². The molecule has 0 saturated heterocycles. The fourth-order valence-electron chi connectivity index (χ4n) is 2.24. The molecule has 1 aliphatic carbocycles. The van der Waals surface area contributed by atoms with E-state index in [0.717, 1.165) is 16.9 Å². The summed E-state index contributed by atoms with van der Waals surface area (Å²) in [6.45, 7) is 0. The summed E-state index contributed by atoms with van der Waals surface area (Å²) in [5.41, 5.74) is 1.96. The topological polar surface area (TPSA) is 26.0 Å². The number of hydrogen-bond acceptors (Lipinski definition) is 2. The van der Waals surface area contributed by atoms with Gasteiger partial charge in [-0.05, 0) is 25.0 Å². The third kappa shape index (κ3) is 1.10. The maximum Gasteiger partial charge on any atom is 0.153 e. The van der Waals surface area contributed by atoms with Crippen molar-refractivity contribution in [1.82, 2.24) is 4.98 Å². The Bertz CT molecular complexity index is 679. The van der Waals surface area contributed by atoms with Crippen LogP contribution in [0.25, 0.3) is 21.9 Å². The summed E-state index contributed by atoms with van der Waals surface area (Å²) in [6, 6.07) is 10.4. The molecule has 1 fully saturated rings. The van der Waals surface area contributed by atoms with Gasteiger partial charge >= 0.3 is 0 Å². The van der Waals surface area contributed by atoms with Gasteiger partial charge in [-0.25, -0.2) is 0 Å². The van der Waals surface area contributed by atoms with E-state index in [2.05, 4.69) is 17.1 Å². The van der Waals surface area contributed by atoms with Gasteiger partial charge in [0.25, 0.3) is 0 Å². The van der Waals surface area contributed by atoms with Gasteiger partial charge in [-0.1, -0.05) is 18.2 Å². The van der Waals surface area contributed by atoms with Crippen LogP contribution < -0.4 is 0 Å². The van der Waals surface area contributed by atoms with Gasteiger partial charge < -0.3 is 4.42 Å². The molecule has 2 heteroatoms. The van der Waals surface area contributed by atoms with Crippen molar-refractivity contribution in [3.63, 3.8) is 0 Å². The number of aromatic nitrogens is 1. The van der Waals surface area contributed by atoms with Crippen molar-refractivity contribution in [1.29, 1.82) is 0 Å². The molecule has 16 heavy (non-hydrogen) atoms. The van der Waals surface area contributed by atoms with Gasteiger partial charge in [-0.2, -0.15) is 0 Å². The molecule has 1 saturated carbocycles. The lowest BCUT2D eigenvalue weighted by molar-refractivity contribution is 0.551. The van der Waals surface area contributed by atoms with Crippen LogP contribution >= 0.6 is 0 Å². The Morgan fingerprint density at radius 2 is 2.00 bits per heavy atom. The molecule has 0 bridgehead atoms. The van der Waals surface area contributed by atoms with E-state index in [1.54, 1.807) is 0 Å². The van der Waals surface area contributed by atoms with E-state index >= 15 is 0 Å². The minimum atomic E-state index is 0.658. The van der Waals surface area contributed by atoms with Gasteiger partial charge in [-0.3, -0.25) is 4.98 Å². The fraction of sp³-hybridized carbons (Fsp3) is 0.214. The van der Waals surface area contributed by atoms with E-state index in [4.69, 9.17) is 4.42 Å². The number of fused-ring (bicyclic) bond motifs is 3. The zero-order chi connectivity index (χ0) is 10.5. The second kappa shape index (κ2) is 2.85. The second-order valence-corrected chi connectivity index (χ2v) is 4.48. The van der Waals surface area contributed by atoms with Gasteiger partial charge in [0, 0.05) is 16.7 Å².